The first-order valence-electron chi connectivity index (χ1n) is 4.31. The smallest absolute Gasteiger partial charge is 0.329 e. The second kappa shape index (κ2) is 5.19. The number of carboxylic acid groups (broad SMARTS) is 1. The normalized spacial score (nSPS) is 17.6. The third kappa shape index (κ3) is 11.4. The maximum absolute atomic E-state index is 9.78. The van der Waals surface area contributed by atoms with Crippen molar-refractivity contribution in [2.45, 2.75) is 39.4 Å². The van der Waals surface area contributed by atoms with Crippen molar-refractivity contribution in [1.82, 2.24) is 0 Å². The summed E-state index contributed by atoms with van der Waals surface area (Å²) in [6, 6.07) is 0. The molecule has 0 spiro atoms. The van der Waals surface area contributed by atoms with E-state index < -0.39 is 5.97 Å². The Balaban J connectivity index is 0.000000243. The van der Waals surface area contributed by atoms with Gasteiger partial charge >= 0.3 is 5.97 Å². The van der Waals surface area contributed by atoms with Crippen LogP contribution >= 0.6 is 0 Å². The second-order valence-corrected chi connectivity index (χ2v) is 3.80. The van der Waals surface area contributed by atoms with E-state index in [1.165, 1.54) is 0 Å². The highest BCUT2D eigenvalue weighted by atomic mass is 16.6. The van der Waals surface area contributed by atoms with Gasteiger partial charge in [0.15, 0.2) is 0 Å². The fourth-order valence-electron chi connectivity index (χ4n) is 0.382. The molecule has 1 saturated heterocycles. The Bertz CT molecular complexity index is 157. The minimum Gasteiger partial charge on any atom is -0.480 e. The van der Waals surface area contributed by atoms with Crippen LogP contribution in [0.4, 0.5) is 0 Å². The summed E-state index contributed by atoms with van der Waals surface area (Å²) in [5, 5.41) is 8.04. The van der Waals surface area contributed by atoms with Gasteiger partial charge in [-0.15, -0.1) is 0 Å². The van der Waals surface area contributed by atoms with Crippen molar-refractivity contribution in [3.05, 3.63) is 0 Å². The lowest BCUT2D eigenvalue weighted by Crippen LogP contribution is -2.11. The van der Waals surface area contributed by atoms with Crippen LogP contribution in [-0.2, 0) is 14.3 Å². The number of ether oxygens (including phenoxy) is 2. The van der Waals surface area contributed by atoms with Crippen LogP contribution in [0.15, 0.2) is 0 Å². The van der Waals surface area contributed by atoms with Crippen molar-refractivity contribution in [3.63, 3.8) is 0 Å². The minimum absolute atomic E-state index is 0.00565. The van der Waals surface area contributed by atoms with Crippen molar-refractivity contribution in [2.75, 3.05) is 13.2 Å². The first kappa shape index (κ1) is 12.4. The molecule has 0 unspecified atom stereocenters. The molecule has 4 nitrogen and oxygen atoms in total. The third-order valence-electron chi connectivity index (χ3n) is 1.26. The Kier molecular flexibility index (Phi) is 4.95. The average Bonchev–Trinajstić information content (AvgIpc) is 2.63. The fraction of sp³-hybridized carbons (Fsp3) is 0.889. The van der Waals surface area contributed by atoms with Crippen LogP contribution in [0.1, 0.15) is 27.7 Å². The molecule has 0 bridgehead atoms. The number of hydrogen-bond donors (Lipinski definition) is 1. The van der Waals surface area contributed by atoms with E-state index in [9.17, 15) is 4.79 Å². The van der Waals surface area contributed by atoms with Gasteiger partial charge in [-0.25, -0.2) is 4.79 Å². The lowest BCUT2D eigenvalue weighted by atomic mass is 10.3. The van der Waals surface area contributed by atoms with Crippen LogP contribution < -0.4 is 0 Å². The van der Waals surface area contributed by atoms with Gasteiger partial charge in [0.25, 0.3) is 0 Å². The first-order valence-corrected chi connectivity index (χ1v) is 4.31. The zero-order chi connectivity index (χ0) is 10.5. The van der Waals surface area contributed by atoms with Gasteiger partial charge in [-0.3, -0.25) is 0 Å². The lowest BCUT2D eigenvalue weighted by molar-refractivity contribution is -0.143. The monoisotopic (exact) mass is 190 g/mol. The molecule has 0 aliphatic carbocycles. The highest BCUT2D eigenvalue weighted by Gasteiger charge is 2.32. The topological polar surface area (TPSA) is 59.1 Å². The van der Waals surface area contributed by atoms with Crippen LogP contribution in [0.5, 0.6) is 0 Å². The fourth-order valence-corrected chi connectivity index (χ4v) is 0.382. The number of carbonyl (C=O) groups is 1. The molecule has 1 fully saturated rings. The van der Waals surface area contributed by atoms with Gasteiger partial charge in [-0.2, -0.15) is 0 Å². The van der Waals surface area contributed by atoms with E-state index in [-0.39, 0.29) is 18.3 Å². The van der Waals surface area contributed by atoms with E-state index in [1.807, 2.05) is 0 Å². The molecule has 0 aromatic heterocycles. The largest absolute Gasteiger partial charge is 0.480 e. The molecule has 0 radical (unpaired) electrons. The Morgan fingerprint density at radius 1 is 1.62 bits per heavy atom. The van der Waals surface area contributed by atoms with Crippen molar-refractivity contribution in [3.8, 4) is 0 Å². The van der Waals surface area contributed by atoms with Crippen molar-refractivity contribution >= 4 is 5.97 Å². The summed E-state index contributed by atoms with van der Waals surface area (Å²) in [7, 11) is 0. The molecule has 1 N–H and O–H groups in total. The predicted octanol–water partition coefficient (Wildman–Crippen LogP) is 1.29. The molecular formula is C9H18O4. The molecule has 0 atom stereocenters. The second-order valence-electron chi connectivity index (χ2n) is 3.80. The van der Waals surface area contributed by atoms with E-state index in [0.717, 1.165) is 6.61 Å². The quantitative estimate of drug-likeness (QED) is 0.681. The van der Waals surface area contributed by atoms with E-state index >= 15 is 0 Å². The maximum atomic E-state index is 9.78. The summed E-state index contributed by atoms with van der Waals surface area (Å²) >= 11 is 0. The number of rotatable bonds is 3. The van der Waals surface area contributed by atoms with E-state index in [4.69, 9.17) is 14.6 Å². The summed E-state index contributed by atoms with van der Waals surface area (Å²) in [6.07, 6.45) is 0.00565. The van der Waals surface area contributed by atoms with Crippen LogP contribution in [0, 0.1) is 0 Å². The molecule has 13 heavy (non-hydrogen) atoms. The molecule has 0 amide bonds. The van der Waals surface area contributed by atoms with E-state index in [1.54, 1.807) is 13.8 Å². The van der Waals surface area contributed by atoms with Crippen LogP contribution in [-0.4, -0.2) is 36.0 Å². The van der Waals surface area contributed by atoms with Gasteiger partial charge in [0, 0.05) is 0 Å². The molecule has 0 aromatic rings. The highest BCUT2D eigenvalue weighted by Crippen LogP contribution is 2.23. The van der Waals surface area contributed by atoms with Crippen molar-refractivity contribution < 1.29 is 19.4 Å². The van der Waals surface area contributed by atoms with Gasteiger partial charge in [-0.05, 0) is 27.7 Å². The molecule has 78 valence electrons. The number of epoxide rings is 1. The molecule has 1 aliphatic heterocycles. The van der Waals surface area contributed by atoms with Gasteiger partial charge in [0.2, 0.25) is 0 Å². The summed E-state index contributed by atoms with van der Waals surface area (Å²) in [4.78, 5) is 9.78. The van der Waals surface area contributed by atoms with Gasteiger partial charge in [0.05, 0.1) is 18.3 Å². The Morgan fingerprint density at radius 3 is 2.08 bits per heavy atom. The van der Waals surface area contributed by atoms with Crippen LogP contribution in [0.2, 0.25) is 0 Å². The Morgan fingerprint density at radius 2 is 2.00 bits per heavy atom. The number of carboxylic acids is 1. The summed E-state index contributed by atoms with van der Waals surface area (Å²) in [5.74, 6) is -0.918. The predicted molar refractivity (Wildman–Crippen MR) is 48.8 cm³/mol. The third-order valence-corrected chi connectivity index (χ3v) is 1.26. The summed E-state index contributed by atoms with van der Waals surface area (Å²) < 4.78 is 9.60. The molecule has 0 saturated carbocycles. The van der Waals surface area contributed by atoms with Crippen molar-refractivity contribution in [1.29, 1.82) is 0 Å². The van der Waals surface area contributed by atoms with E-state index in [0.29, 0.717) is 0 Å². The standard InChI is InChI=1S/C5H10O3.C4H8O/c1-4(2)8-3-5(6)7;1-4(2)3-5-4/h4H,3H2,1-2H3,(H,6,7);3H2,1-2H3. The lowest BCUT2D eigenvalue weighted by Gasteiger charge is -2.01. The SMILES string of the molecule is CC(C)OCC(=O)O.CC1(C)CO1. The van der Waals surface area contributed by atoms with Crippen molar-refractivity contribution in [2.24, 2.45) is 0 Å². The molecule has 1 rings (SSSR count). The van der Waals surface area contributed by atoms with Gasteiger partial charge < -0.3 is 14.6 Å². The average molecular weight is 190 g/mol. The summed E-state index contributed by atoms with van der Waals surface area (Å²) in [6.45, 7) is 8.50. The van der Waals surface area contributed by atoms with Crippen LogP contribution in [0.3, 0.4) is 0 Å². The first-order chi connectivity index (χ1) is 5.83. The summed E-state index contributed by atoms with van der Waals surface area (Å²) in [5.41, 5.74) is 0.250. The van der Waals surface area contributed by atoms with E-state index in [2.05, 4.69) is 13.8 Å². The molecule has 0 aromatic carbocycles. The molecule has 4 heteroatoms. The van der Waals surface area contributed by atoms with Gasteiger partial charge in [-0.1, -0.05) is 0 Å². The zero-order valence-electron chi connectivity index (χ0n) is 8.66. The molecular weight excluding hydrogens is 172 g/mol. The molecule has 1 heterocycles. The number of aliphatic carboxylic acids is 1. The molecule has 1 aliphatic rings. The zero-order valence-corrected chi connectivity index (χ0v) is 8.66. The van der Waals surface area contributed by atoms with Gasteiger partial charge in [0.1, 0.15) is 6.61 Å². The minimum atomic E-state index is -0.918. The number of hydrogen-bond acceptors (Lipinski definition) is 3. The highest BCUT2D eigenvalue weighted by molar-refractivity contribution is 5.67. The Labute approximate surface area is 78.8 Å². The Hall–Kier alpha value is -0.610. The van der Waals surface area contributed by atoms with Crippen LogP contribution in [0.25, 0.3) is 0 Å². The maximum Gasteiger partial charge on any atom is 0.329 e.